The van der Waals surface area contributed by atoms with Crippen molar-refractivity contribution in [2.45, 2.75) is 133 Å². The minimum absolute atomic E-state index is 0.0294. The molecule has 5 amide bonds. The topological polar surface area (TPSA) is 210 Å². The largest absolute Gasteiger partial charge is 0.479 e. The molecule has 5 aromatic rings. The third-order valence-corrected chi connectivity index (χ3v) is 18.3. The van der Waals surface area contributed by atoms with Crippen molar-refractivity contribution < 1.29 is 51.4 Å². The first-order chi connectivity index (χ1) is 36.5. The molecule has 20 heteroatoms. The van der Waals surface area contributed by atoms with Gasteiger partial charge < -0.3 is 29.7 Å². The maximum absolute atomic E-state index is 14.3. The molecule has 0 radical (unpaired) electrons. The Morgan fingerprint density at radius 3 is 2.27 bits per heavy atom. The highest BCUT2D eigenvalue weighted by atomic mass is 35.5. The Labute approximate surface area is 457 Å². The van der Waals surface area contributed by atoms with Crippen LogP contribution in [-0.2, 0) is 39.6 Å². The number of carbonyl (C=O) groups is 6. The van der Waals surface area contributed by atoms with Gasteiger partial charge in [-0.25, -0.2) is 22.8 Å². The second kappa shape index (κ2) is 20.7. The average molecular weight is 1110 g/mol. The van der Waals surface area contributed by atoms with Crippen molar-refractivity contribution in [3.63, 3.8) is 0 Å². The Balaban J connectivity index is 0.751. The normalized spacial score (nSPS) is 19.8. The number of anilines is 3. The third kappa shape index (κ3) is 11.4. The predicted molar refractivity (Wildman–Crippen MR) is 295 cm³/mol. The number of ether oxygens (including phenoxy) is 3. The molecule has 5 heterocycles. The van der Waals surface area contributed by atoms with Crippen LogP contribution in [0.3, 0.4) is 0 Å². The van der Waals surface area contributed by atoms with Gasteiger partial charge in [0.25, 0.3) is 5.91 Å². The van der Waals surface area contributed by atoms with Gasteiger partial charge in [0, 0.05) is 60.0 Å². The molecule has 2 atom stereocenters. The molecule has 3 saturated heterocycles. The van der Waals surface area contributed by atoms with E-state index in [2.05, 4.69) is 16.0 Å². The highest BCUT2D eigenvalue weighted by molar-refractivity contribution is 7.88. The Morgan fingerprint density at radius 2 is 1.56 bits per heavy atom. The number of nitrogens with one attached hydrogen (secondary N) is 3. The molecule has 10 rings (SSSR count). The molecule has 3 N–H and O–H groups in total. The fourth-order valence-electron chi connectivity index (χ4n) is 11.2. The number of urea groups is 1. The molecule has 1 aromatic heterocycles. The number of thiophene rings is 1. The van der Waals surface area contributed by atoms with Gasteiger partial charge in [-0.2, -0.15) is 4.31 Å². The van der Waals surface area contributed by atoms with Crippen LogP contribution in [0.4, 0.5) is 21.9 Å². The fraction of sp³-hybridized carbons (Fsp3) is 0.439. The fourth-order valence-corrected chi connectivity index (χ4v) is 14.7. The zero-order chi connectivity index (χ0) is 54.8. The van der Waals surface area contributed by atoms with E-state index in [-0.39, 0.29) is 64.0 Å². The Morgan fingerprint density at radius 1 is 0.844 bits per heavy atom. The van der Waals surface area contributed by atoms with Crippen LogP contribution in [0.15, 0.2) is 78.9 Å². The number of amides is 5. The van der Waals surface area contributed by atoms with Gasteiger partial charge in [0.15, 0.2) is 17.2 Å². The Bertz CT molecular complexity index is 3340. The van der Waals surface area contributed by atoms with E-state index in [1.807, 2.05) is 48.5 Å². The zero-order valence-electron chi connectivity index (χ0n) is 44.0. The van der Waals surface area contributed by atoms with E-state index in [1.165, 1.54) is 4.90 Å². The van der Waals surface area contributed by atoms with Crippen LogP contribution in [-0.4, -0.2) is 108 Å². The van der Waals surface area contributed by atoms with Crippen LogP contribution < -0.4 is 25.6 Å². The standard InChI is InChI=1S/C57H63ClN6O11S2/c1-55(2,3)74-45(66)31-73-48-47(58)49(76-50(48)53(69)75-56(4,5)6)35-11-8-13-37(29-35)59-38-22-27-63(57(30-38)23-24-57)77(71,72)32-33-10-7-12-36(28-33)60-54(70)62-25-20-34(21-26-62)39-16-17-42-46-40(39)14-9-15-41(46)52(68)64(42)43-18-19-44(65)61-51(43)67/h7-17,28-29,34,38,43,59H,18-27,30-32H2,1-6H3,(H,60,70)(H,61,65,67)/t38-,43?/m1/s1. The number of sulfonamides is 1. The second-order valence-electron chi connectivity index (χ2n) is 22.7. The minimum atomic E-state index is -3.76. The van der Waals surface area contributed by atoms with Crippen molar-refractivity contribution in [3.05, 3.63) is 105 Å². The van der Waals surface area contributed by atoms with Crippen LogP contribution >= 0.6 is 22.9 Å². The smallest absolute Gasteiger partial charge is 0.352 e. The lowest BCUT2D eigenvalue weighted by Crippen LogP contribution is -2.53. The van der Waals surface area contributed by atoms with Gasteiger partial charge in [0.05, 0.1) is 16.3 Å². The molecular weight excluding hydrogens is 1040 g/mol. The minimum Gasteiger partial charge on any atom is -0.479 e. The number of hydrogen-bond donors (Lipinski definition) is 3. The summed E-state index contributed by atoms with van der Waals surface area (Å²) in [6.07, 6.45) is 4.46. The molecular formula is C57H63ClN6O11S2. The summed E-state index contributed by atoms with van der Waals surface area (Å²) in [4.78, 5) is 82.1. The first kappa shape index (κ1) is 53.8. The van der Waals surface area contributed by atoms with Crippen molar-refractivity contribution in [3.8, 4) is 16.2 Å². The number of imide groups is 1. The summed E-state index contributed by atoms with van der Waals surface area (Å²) in [6, 6.07) is 23.1. The number of rotatable bonds is 13. The lowest BCUT2D eigenvalue weighted by Gasteiger charge is -2.39. The molecule has 1 unspecified atom stereocenters. The molecule has 1 saturated carbocycles. The van der Waals surface area contributed by atoms with Crippen molar-refractivity contribution in [1.82, 2.24) is 14.5 Å². The predicted octanol–water partition coefficient (Wildman–Crippen LogP) is 10.0. The average Bonchev–Trinajstić information content (AvgIpc) is 3.99. The molecule has 1 aliphatic carbocycles. The van der Waals surface area contributed by atoms with Gasteiger partial charge >= 0.3 is 18.0 Å². The lowest BCUT2D eigenvalue weighted by atomic mass is 9.85. The van der Waals surface area contributed by atoms with Crippen LogP contribution in [0, 0.1) is 0 Å². The van der Waals surface area contributed by atoms with Crippen LogP contribution in [0.2, 0.25) is 5.02 Å². The number of benzene rings is 4. The maximum Gasteiger partial charge on any atom is 0.352 e. The summed E-state index contributed by atoms with van der Waals surface area (Å²) >= 11 is 8.04. The molecule has 4 aliphatic heterocycles. The van der Waals surface area contributed by atoms with E-state index in [4.69, 9.17) is 25.8 Å². The first-order valence-electron chi connectivity index (χ1n) is 26.1. The monoisotopic (exact) mass is 1110 g/mol. The molecule has 406 valence electrons. The maximum atomic E-state index is 14.3. The Kier molecular flexibility index (Phi) is 14.5. The van der Waals surface area contributed by atoms with E-state index >= 15 is 0 Å². The zero-order valence-corrected chi connectivity index (χ0v) is 46.3. The van der Waals surface area contributed by atoms with Crippen molar-refractivity contribution in [1.29, 1.82) is 0 Å². The molecule has 4 fully saturated rings. The number of esters is 2. The summed E-state index contributed by atoms with van der Waals surface area (Å²) in [5.74, 6) is -2.38. The van der Waals surface area contributed by atoms with Crippen molar-refractivity contribution in [2.75, 3.05) is 41.8 Å². The quantitative estimate of drug-likeness (QED) is 0.0743. The van der Waals surface area contributed by atoms with Gasteiger partial charge in [0.1, 0.15) is 22.3 Å². The summed E-state index contributed by atoms with van der Waals surface area (Å²) in [5.41, 5.74) is 2.80. The number of nitrogens with zero attached hydrogens (tertiary/aromatic N) is 3. The van der Waals surface area contributed by atoms with E-state index < -0.39 is 57.3 Å². The van der Waals surface area contributed by atoms with Gasteiger partial charge in [-0.05, 0) is 151 Å². The highest BCUT2D eigenvalue weighted by Crippen LogP contribution is 2.51. The summed E-state index contributed by atoms with van der Waals surface area (Å²) in [5, 5.41) is 10.9. The molecule has 77 heavy (non-hydrogen) atoms. The Hall–Kier alpha value is -6.54. The SMILES string of the molecule is CC(C)(C)OC(=O)COc1c(C(=O)OC(C)(C)C)sc(-c2cccc(N[C@@H]3CCN(S(=O)(=O)Cc4cccc(NC(=O)N5CCC(c6ccc7c8c(cccc68)C(=O)N7C6CCC(=O)NC6=O)CC5)c4)C4(CC4)C3)c2)c1Cl. The lowest BCUT2D eigenvalue weighted by molar-refractivity contribution is -0.157. The number of halogens is 1. The van der Waals surface area contributed by atoms with E-state index in [0.717, 1.165) is 46.2 Å². The van der Waals surface area contributed by atoms with Crippen LogP contribution in [0.5, 0.6) is 5.75 Å². The van der Waals surface area contributed by atoms with Crippen molar-refractivity contribution >= 4 is 96.5 Å². The number of carbonyl (C=O) groups excluding carboxylic acids is 6. The number of hydrogen-bond acceptors (Lipinski definition) is 13. The molecule has 5 aliphatic rings. The second-order valence-corrected chi connectivity index (χ2v) is 26.0. The van der Waals surface area contributed by atoms with Gasteiger partial charge in [-0.3, -0.25) is 24.6 Å². The summed E-state index contributed by atoms with van der Waals surface area (Å²) in [7, 11) is -3.76. The first-order valence-corrected chi connectivity index (χ1v) is 28.9. The van der Waals surface area contributed by atoms with E-state index in [9.17, 15) is 37.2 Å². The van der Waals surface area contributed by atoms with Gasteiger partial charge in [-0.15, -0.1) is 11.3 Å². The van der Waals surface area contributed by atoms with Crippen molar-refractivity contribution in [2.24, 2.45) is 0 Å². The van der Waals surface area contributed by atoms with Gasteiger partial charge in [-0.1, -0.05) is 54.1 Å². The van der Waals surface area contributed by atoms with E-state index in [0.29, 0.717) is 78.3 Å². The third-order valence-electron chi connectivity index (χ3n) is 14.7. The molecule has 4 aromatic carbocycles. The van der Waals surface area contributed by atoms with Gasteiger partial charge in [0.2, 0.25) is 21.8 Å². The highest BCUT2D eigenvalue weighted by Gasteiger charge is 2.55. The number of piperidine rings is 3. The molecule has 17 nitrogen and oxygen atoms in total. The van der Waals surface area contributed by atoms with Crippen LogP contribution in [0.25, 0.3) is 21.2 Å². The number of likely N-dealkylation sites (tertiary alicyclic amines) is 1. The molecule has 1 spiro atoms. The molecule has 0 bridgehead atoms. The summed E-state index contributed by atoms with van der Waals surface area (Å²) < 4.78 is 47.2. The van der Waals surface area contributed by atoms with Crippen LogP contribution in [0.1, 0.15) is 130 Å². The summed E-state index contributed by atoms with van der Waals surface area (Å²) in [6.45, 7) is 11.4. The van der Waals surface area contributed by atoms with E-state index in [1.54, 1.807) is 81.1 Å².